The molecule has 1 aromatic rings. The Morgan fingerprint density at radius 2 is 2.18 bits per heavy atom. The van der Waals surface area contributed by atoms with Crippen molar-refractivity contribution in [3.05, 3.63) is 28.8 Å². The SMILES string of the molecule is Cc1c(Cl)cccc1N1CCCCNC(C)C1. The standard InChI is InChI=1S/C14H21ClN2/c1-11-10-17(9-4-3-8-16-11)14-7-5-6-13(15)12(14)2/h5-7,11,16H,3-4,8-10H2,1-2H3. The molecule has 1 aliphatic heterocycles. The Bertz CT molecular complexity index is 378. The molecule has 1 heterocycles. The van der Waals surface area contributed by atoms with Crippen molar-refractivity contribution < 1.29 is 0 Å². The fourth-order valence-electron chi connectivity index (χ4n) is 2.42. The minimum Gasteiger partial charge on any atom is -0.370 e. The van der Waals surface area contributed by atoms with E-state index in [2.05, 4.69) is 30.1 Å². The van der Waals surface area contributed by atoms with Crippen LogP contribution in [0.5, 0.6) is 0 Å². The van der Waals surface area contributed by atoms with Crippen molar-refractivity contribution in [2.75, 3.05) is 24.5 Å². The summed E-state index contributed by atoms with van der Waals surface area (Å²) in [4.78, 5) is 2.46. The van der Waals surface area contributed by atoms with Crippen molar-refractivity contribution in [3.63, 3.8) is 0 Å². The molecule has 1 saturated heterocycles. The average molecular weight is 253 g/mol. The molecule has 0 amide bonds. The van der Waals surface area contributed by atoms with Gasteiger partial charge < -0.3 is 10.2 Å². The Morgan fingerprint density at radius 3 is 3.00 bits per heavy atom. The third kappa shape index (κ3) is 3.14. The van der Waals surface area contributed by atoms with E-state index in [4.69, 9.17) is 11.6 Å². The van der Waals surface area contributed by atoms with E-state index in [1.165, 1.54) is 24.1 Å². The Balaban J connectivity index is 2.20. The molecular weight excluding hydrogens is 232 g/mol. The molecule has 1 unspecified atom stereocenters. The van der Waals surface area contributed by atoms with Gasteiger partial charge in [0.05, 0.1) is 0 Å². The van der Waals surface area contributed by atoms with Gasteiger partial charge in [-0.3, -0.25) is 0 Å². The highest BCUT2D eigenvalue weighted by molar-refractivity contribution is 6.31. The molecule has 0 radical (unpaired) electrons. The van der Waals surface area contributed by atoms with E-state index in [0.29, 0.717) is 6.04 Å². The molecule has 1 fully saturated rings. The third-order valence-electron chi connectivity index (χ3n) is 3.42. The monoisotopic (exact) mass is 252 g/mol. The number of nitrogens with zero attached hydrogens (tertiary/aromatic N) is 1. The van der Waals surface area contributed by atoms with Crippen LogP contribution < -0.4 is 10.2 Å². The smallest absolute Gasteiger partial charge is 0.0455 e. The predicted molar refractivity (Wildman–Crippen MR) is 75.1 cm³/mol. The van der Waals surface area contributed by atoms with E-state index in [-0.39, 0.29) is 0 Å². The van der Waals surface area contributed by atoms with Crippen LogP contribution in [-0.2, 0) is 0 Å². The van der Waals surface area contributed by atoms with Gasteiger partial charge in [0.15, 0.2) is 0 Å². The fraction of sp³-hybridized carbons (Fsp3) is 0.571. The van der Waals surface area contributed by atoms with Crippen LogP contribution in [0.4, 0.5) is 5.69 Å². The van der Waals surface area contributed by atoms with Crippen LogP contribution in [0.3, 0.4) is 0 Å². The molecule has 17 heavy (non-hydrogen) atoms. The van der Waals surface area contributed by atoms with Gasteiger partial charge in [-0.25, -0.2) is 0 Å². The second-order valence-electron chi connectivity index (χ2n) is 4.89. The van der Waals surface area contributed by atoms with Crippen molar-refractivity contribution >= 4 is 17.3 Å². The molecule has 0 bridgehead atoms. The summed E-state index contributed by atoms with van der Waals surface area (Å²) < 4.78 is 0. The summed E-state index contributed by atoms with van der Waals surface area (Å²) in [6, 6.07) is 6.72. The van der Waals surface area contributed by atoms with Gasteiger partial charge in [-0.1, -0.05) is 17.7 Å². The maximum atomic E-state index is 6.20. The summed E-state index contributed by atoms with van der Waals surface area (Å²) >= 11 is 6.20. The molecule has 3 heteroatoms. The predicted octanol–water partition coefficient (Wildman–Crippen LogP) is 3.23. The lowest BCUT2D eigenvalue weighted by Crippen LogP contribution is -2.42. The molecule has 0 aromatic heterocycles. The van der Waals surface area contributed by atoms with E-state index in [9.17, 15) is 0 Å². The summed E-state index contributed by atoms with van der Waals surface area (Å²) in [5.41, 5.74) is 2.48. The summed E-state index contributed by atoms with van der Waals surface area (Å²) in [6.07, 6.45) is 2.49. The summed E-state index contributed by atoms with van der Waals surface area (Å²) in [7, 11) is 0. The molecular formula is C14H21ClN2. The Kier molecular flexibility index (Phi) is 4.30. The largest absolute Gasteiger partial charge is 0.370 e. The molecule has 1 aliphatic rings. The Labute approximate surface area is 109 Å². The third-order valence-corrected chi connectivity index (χ3v) is 3.83. The van der Waals surface area contributed by atoms with E-state index >= 15 is 0 Å². The van der Waals surface area contributed by atoms with Crippen LogP contribution >= 0.6 is 11.6 Å². The molecule has 1 aromatic carbocycles. The first kappa shape index (κ1) is 12.7. The van der Waals surface area contributed by atoms with E-state index in [0.717, 1.165) is 24.7 Å². The van der Waals surface area contributed by atoms with Crippen LogP contribution in [0, 0.1) is 6.92 Å². The lowest BCUT2D eigenvalue weighted by Gasteiger charge is -2.32. The van der Waals surface area contributed by atoms with Gasteiger partial charge in [-0.2, -0.15) is 0 Å². The Hall–Kier alpha value is -0.730. The molecule has 0 aliphatic carbocycles. The Morgan fingerprint density at radius 1 is 1.35 bits per heavy atom. The van der Waals surface area contributed by atoms with Gasteiger partial charge in [0.2, 0.25) is 0 Å². The number of nitrogens with one attached hydrogen (secondary N) is 1. The van der Waals surface area contributed by atoms with E-state index < -0.39 is 0 Å². The van der Waals surface area contributed by atoms with Gasteiger partial charge in [0.25, 0.3) is 0 Å². The van der Waals surface area contributed by atoms with Crippen LogP contribution in [0.15, 0.2) is 18.2 Å². The minimum atomic E-state index is 0.536. The van der Waals surface area contributed by atoms with Gasteiger partial charge in [-0.05, 0) is 50.9 Å². The zero-order valence-corrected chi connectivity index (χ0v) is 11.4. The summed E-state index contributed by atoms with van der Waals surface area (Å²) in [6.45, 7) is 7.69. The summed E-state index contributed by atoms with van der Waals surface area (Å²) in [5.74, 6) is 0. The normalized spacial score (nSPS) is 22.1. The van der Waals surface area contributed by atoms with Gasteiger partial charge in [0, 0.05) is 29.8 Å². The van der Waals surface area contributed by atoms with Gasteiger partial charge >= 0.3 is 0 Å². The number of hydrogen-bond donors (Lipinski definition) is 1. The van der Waals surface area contributed by atoms with E-state index in [1.807, 2.05) is 12.1 Å². The second kappa shape index (κ2) is 5.74. The second-order valence-corrected chi connectivity index (χ2v) is 5.30. The highest BCUT2D eigenvalue weighted by atomic mass is 35.5. The molecule has 2 nitrogen and oxygen atoms in total. The number of hydrogen-bond acceptors (Lipinski definition) is 2. The highest BCUT2D eigenvalue weighted by Crippen LogP contribution is 2.27. The number of rotatable bonds is 1. The number of halogens is 1. The number of anilines is 1. The maximum Gasteiger partial charge on any atom is 0.0455 e. The van der Waals surface area contributed by atoms with Crippen molar-refractivity contribution in [3.8, 4) is 0 Å². The fourth-order valence-corrected chi connectivity index (χ4v) is 2.59. The maximum absolute atomic E-state index is 6.20. The molecule has 1 atom stereocenters. The molecule has 0 saturated carbocycles. The zero-order valence-electron chi connectivity index (χ0n) is 10.7. The van der Waals surface area contributed by atoms with Crippen molar-refractivity contribution in [2.45, 2.75) is 32.7 Å². The first-order valence-electron chi connectivity index (χ1n) is 6.42. The minimum absolute atomic E-state index is 0.536. The lowest BCUT2D eigenvalue weighted by atomic mass is 10.1. The average Bonchev–Trinajstić information content (AvgIpc) is 2.27. The first-order chi connectivity index (χ1) is 8.18. The highest BCUT2D eigenvalue weighted by Gasteiger charge is 2.15. The molecule has 0 spiro atoms. The quantitative estimate of drug-likeness (QED) is 0.826. The van der Waals surface area contributed by atoms with Crippen LogP contribution in [0.1, 0.15) is 25.3 Å². The van der Waals surface area contributed by atoms with Crippen LogP contribution in [0.2, 0.25) is 5.02 Å². The zero-order chi connectivity index (χ0) is 12.3. The topological polar surface area (TPSA) is 15.3 Å². The van der Waals surface area contributed by atoms with Crippen molar-refractivity contribution in [2.24, 2.45) is 0 Å². The van der Waals surface area contributed by atoms with Crippen LogP contribution in [-0.4, -0.2) is 25.7 Å². The molecule has 2 rings (SSSR count). The van der Waals surface area contributed by atoms with Crippen molar-refractivity contribution in [1.82, 2.24) is 5.32 Å². The first-order valence-corrected chi connectivity index (χ1v) is 6.79. The molecule has 94 valence electrons. The van der Waals surface area contributed by atoms with Gasteiger partial charge in [0.1, 0.15) is 0 Å². The lowest BCUT2D eigenvalue weighted by molar-refractivity contribution is 0.485. The van der Waals surface area contributed by atoms with Crippen LogP contribution in [0.25, 0.3) is 0 Å². The molecule has 1 N–H and O–H groups in total. The summed E-state index contributed by atoms with van der Waals surface area (Å²) in [5, 5.41) is 4.41. The van der Waals surface area contributed by atoms with E-state index in [1.54, 1.807) is 0 Å². The number of benzene rings is 1. The van der Waals surface area contributed by atoms with Gasteiger partial charge in [-0.15, -0.1) is 0 Å². The van der Waals surface area contributed by atoms with Crippen molar-refractivity contribution in [1.29, 1.82) is 0 Å².